The Morgan fingerprint density at radius 3 is 2.58 bits per heavy atom. The molecule has 1 atom stereocenters. The van der Waals surface area contributed by atoms with Gasteiger partial charge in [0.15, 0.2) is 0 Å². The molecule has 126 valence electrons. The average Bonchev–Trinajstić information content (AvgIpc) is 3.10. The fourth-order valence-electron chi connectivity index (χ4n) is 2.78. The molecular formula is C18H21N3O2S. The molecule has 5 nitrogen and oxygen atoms in total. The van der Waals surface area contributed by atoms with E-state index in [1.54, 1.807) is 17.4 Å². The maximum absolute atomic E-state index is 12.4. The van der Waals surface area contributed by atoms with Gasteiger partial charge in [0, 0.05) is 11.4 Å². The van der Waals surface area contributed by atoms with E-state index in [9.17, 15) is 9.59 Å². The van der Waals surface area contributed by atoms with Crippen LogP contribution in [0.1, 0.15) is 17.7 Å². The average molecular weight is 343 g/mol. The molecule has 2 amide bonds. The Kier molecular flexibility index (Phi) is 5.61. The van der Waals surface area contributed by atoms with Crippen molar-refractivity contribution in [3.05, 3.63) is 46.7 Å². The number of benzene rings is 1. The number of para-hydroxylation sites is 2. The molecule has 2 heterocycles. The number of carbonyl (C=O) groups is 2. The van der Waals surface area contributed by atoms with Gasteiger partial charge in [-0.2, -0.15) is 0 Å². The van der Waals surface area contributed by atoms with E-state index >= 15 is 0 Å². The number of piperidine rings is 1. The van der Waals surface area contributed by atoms with Crippen LogP contribution >= 0.6 is 11.3 Å². The maximum atomic E-state index is 12.4. The van der Waals surface area contributed by atoms with E-state index < -0.39 is 0 Å². The number of amides is 2. The summed E-state index contributed by atoms with van der Waals surface area (Å²) >= 11 is 1.56. The lowest BCUT2D eigenvalue weighted by atomic mass is 9.99. The van der Waals surface area contributed by atoms with Gasteiger partial charge in [-0.1, -0.05) is 18.2 Å². The first-order valence-corrected chi connectivity index (χ1v) is 9.03. The maximum Gasteiger partial charge on any atom is 0.229 e. The minimum absolute atomic E-state index is 0.00200. The van der Waals surface area contributed by atoms with Crippen LogP contribution in [0.5, 0.6) is 0 Å². The summed E-state index contributed by atoms with van der Waals surface area (Å²) < 4.78 is 0. The van der Waals surface area contributed by atoms with Crippen LogP contribution in [0, 0.1) is 5.92 Å². The Bertz CT molecular complexity index is 694. The van der Waals surface area contributed by atoms with E-state index in [0.29, 0.717) is 24.3 Å². The normalized spacial score (nSPS) is 17.2. The smallest absolute Gasteiger partial charge is 0.229 e. The molecule has 1 aromatic heterocycles. The number of nitrogens with one attached hydrogen (secondary N) is 3. The summed E-state index contributed by atoms with van der Waals surface area (Å²) in [6, 6.07) is 11.2. The number of rotatable bonds is 5. The molecule has 3 rings (SSSR count). The topological polar surface area (TPSA) is 70.2 Å². The van der Waals surface area contributed by atoms with Crippen molar-refractivity contribution in [1.29, 1.82) is 0 Å². The second kappa shape index (κ2) is 8.08. The van der Waals surface area contributed by atoms with Gasteiger partial charge in [-0.15, -0.1) is 11.3 Å². The lowest BCUT2D eigenvalue weighted by Gasteiger charge is -2.22. The van der Waals surface area contributed by atoms with Crippen molar-refractivity contribution in [2.75, 3.05) is 23.7 Å². The Labute approximate surface area is 145 Å². The van der Waals surface area contributed by atoms with Crippen LogP contribution in [0.25, 0.3) is 0 Å². The van der Waals surface area contributed by atoms with Crippen LogP contribution < -0.4 is 16.0 Å². The molecule has 1 aliphatic rings. The second-order valence-electron chi connectivity index (χ2n) is 5.88. The number of thiophene rings is 1. The van der Waals surface area contributed by atoms with Crippen molar-refractivity contribution in [3.63, 3.8) is 0 Å². The van der Waals surface area contributed by atoms with E-state index in [1.165, 1.54) is 0 Å². The third kappa shape index (κ3) is 4.43. The summed E-state index contributed by atoms with van der Waals surface area (Å²) in [6.45, 7) is 1.68. The van der Waals surface area contributed by atoms with Crippen LogP contribution in [0.3, 0.4) is 0 Å². The van der Waals surface area contributed by atoms with E-state index in [-0.39, 0.29) is 17.7 Å². The molecule has 2 aromatic rings. The molecule has 0 radical (unpaired) electrons. The Balaban J connectivity index is 1.64. The SMILES string of the molecule is O=C(Cc1cccs1)Nc1ccccc1NC(=O)C1CCCNC1. The first-order chi connectivity index (χ1) is 11.7. The second-order valence-corrected chi connectivity index (χ2v) is 6.91. The van der Waals surface area contributed by atoms with E-state index in [1.807, 2.05) is 35.7 Å². The van der Waals surface area contributed by atoms with E-state index in [0.717, 1.165) is 24.3 Å². The number of carbonyl (C=O) groups excluding carboxylic acids is 2. The monoisotopic (exact) mass is 343 g/mol. The Morgan fingerprint density at radius 2 is 1.92 bits per heavy atom. The van der Waals surface area contributed by atoms with Gasteiger partial charge in [0.25, 0.3) is 0 Å². The highest BCUT2D eigenvalue weighted by molar-refractivity contribution is 7.10. The van der Waals surface area contributed by atoms with Crippen molar-refractivity contribution in [2.45, 2.75) is 19.3 Å². The zero-order valence-corrected chi connectivity index (χ0v) is 14.2. The number of hydrogen-bond acceptors (Lipinski definition) is 4. The summed E-state index contributed by atoms with van der Waals surface area (Å²) in [4.78, 5) is 25.6. The van der Waals surface area contributed by atoms with Gasteiger partial charge in [0.1, 0.15) is 0 Å². The predicted octanol–water partition coefficient (Wildman–Crippen LogP) is 2.87. The molecule has 1 unspecified atom stereocenters. The first kappa shape index (κ1) is 16.7. The minimum Gasteiger partial charge on any atom is -0.324 e. The van der Waals surface area contributed by atoms with Crippen LogP contribution in [-0.4, -0.2) is 24.9 Å². The standard InChI is InChI=1S/C18H21N3O2S/c22-17(11-14-6-4-10-24-14)20-15-7-1-2-8-16(15)21-18(23)13-5-3-9-19-12-13/h1-2,4,6-8,10,13,19H,3,5,9,11-12H2,(H,20,22)(H,21,23). The highest BCUT2D eigenvalue weighted by Gasteiger charge is 2.21. The molecule has 1 aromatic carbocycles. The molecule has 0 bridgehead atoms. The molecule has 3 N–H and O–H groups in total. The summed E-state index contributed by atoms with van der Waals surface area (Å²) in [7, 11) is 0. The molecule has 6 heteroatoms. The van der Waals surface area contributed by atoms with E-state index in [4.69, 9.17) is 0 Å². The third-order valence-electron chi connectivity index (χ3n) is 4.04. The highest BCUT2D eigenvalue weighted by Crippen LogP contribution is 2.23. The van der Waals surface area contributed by atoms with Gasteiger partial charge >= 0.3 is 0 Å². The molecule has 1 fully saturated rings. The summed E-state index contributed by atoms with van der Waals surface area (Å²) in [5.41, 5.74) is 1.28. The van der Waals surface area contributed by atoms with Gasteiger partial charge < -0.3 is 16.0 Å². The van der Waals surface area contributed by atoms with Gasteiger partial charge in [-0.3, -0.25) is 9.59 Å². The van der Waals surface area contributed by atoms with Crippen LogP contribution in [-0.2, 0) is 16.0 Å². The first-order valence-electron chi connectivity index (χ1n) is 8.15. The molecule has 0 aliphatic carbocycles. The zero-order chi connectivity index (χ0) is 16.8. The minimum atomic E-state index is -0.0847. The van der Waals surface area contributed by atoms with Crippen molar-refractivity contribution >= 4 is 34.5 Å². The quantitative estimate of drug-likeness (QED) is 0.782. The van der Waals surface area contributed by atoms with Crippen LogP contribution in [0.15, 0.2) is 41.8 Å². The summed E-state index contributed by atoms with van der Waals surface area (Å²) in [5.74, 6) is -0.103. The molecule has 1 aliphatic heterocycles. The van der Waals surface area contributed by atoms with Crippen molar-refractivity contribution in [2.24, 2.45) is 5.92 Å². The molecule has 0 saturated carbocycles. The number of anilines is 2. The largest absolute Gasteiger partial charge is 0.324 e. The van der Waals surface area contributed by atoms with Gasteiger partial charge in [0.05, 0.1) is 23.7 Å². The predicted molar refractivity (Wildman–Crippen MR) is 97.3 cm³/mol. The third-order valence-corrected chi connectivity index (χ3v) is 4.92. The number of hydrogen-bond donors (Lipinski definition) is 3. The van der Waals surface area contributed by atoms with Crippen molar-refractivity contribution < 1.29 is 9.59 Å². The highest BCUT2D eigenvalue weighted by atomic mass is 32.1. The van der Waals surface area contributed by atoms with E-state index in [2.05, 4.69) is 16.0 Å². The lowest BCUT2D eigenvalue weighted by Crippen LogP contribution is -2.37. The molecule has 0 spiro atoms. The fourth-order valence-corrected chi connectivity index (χ4v) is 3.48. The van der Waals surface area contributed by atoms with Crippen LogP contribution in [0.2, 0.25) is 0 Å². The Morgan fingerprint density at radius 1 is 1.12 bits per heavy atom. The molecular weight excluding hydrogens is 322 g/mol. The van der Waals surface area contributed by atoms with Crippen LogP contribution in [0.4, 0.5) is 11.4 Å². The molecule has 1 saturated heterocycles. The van der Waals surface area contributed by atoms with Crippen molar-refractivity contribution in [3.8, 4) is 0 Å². The van der Waals surface area contributed by atoms with Crippen molar-refractivity contribution in [1.82, 2.24) is 5.32 Å². The van der Waals surface area contributed by atoms with Gasteiger partial charge in [-0.25, -0.2) is 0 Å². The summed E-state index contributed by atoms with van der Waals surface area (Å²) in [5, 5.41) is 11.0. The molecule has 24 heavy (non-hydrogen) atoms. The Hall–Kier alpha value is -2.18. The van der Waals surface area contributed by atoms with Gasteiger partial charge in [0.2, 0.25) is 11.8 Å². The fraction of sp³-hybridized carbons (Fsp3) is 0.333. The summed E-state index contributed by atoms with van der Waals surface area (Å²) in [6.07, 6.45) is 2.25. The lowest BCUT2D eigenvalue weighted by molar-refractivity contribution is -0.120. The van der Waals surface area contributed by atoms with Gasteiger partial charge in [-0.05, 0) is 43.0 Å². The zero-order valence-electron chi connectivity index (χ0n) is 13.4.